The van der Waals surface area contributed by atoms with E-state index in [1.807, 2.05) is 0 Å². The van der Waals surface area contributed by atoms with E-state index in [2.05, 4.69) is 0 Å². The number of hydrogen-bond donors (Lipinski definition) is 1. The second kappa shape index (κ2) is 5.79. The summed E-state index contributed by atoms with van der Waals surface area (Å²) in [7, 11) is -3.60. The van der Waals surface area contributed by atoms with Crippen LogP contribution in [0.4, 0.5) is 5.69 Å². The van der Waals surface area contributed by atoms with E-state index in [1.54, 1.807) is 0 Å². The van der Waals surface area contributed by atoms with Gasteiger partial charge in [-0.1, -0.05) is 12.1 Å². The molecule has 0 unspecified atom stereocenters. The predicted molar refractivity (Wildman–Crippen MR) is 67.6 cm³/mol. The molecule has 19 heavy (non-hydrogen) atoms. The van der Waals surface area contributed by atoms with Crippen LogP contribution in [0.15, 0.2) is 18.2 Å². The highest BCUT2D eigenvalue weighted by Crippen LogP contribution is 2.22. The van der Waals surface area contributed by atoms with Gasteiger partial charge in [0.1, 0.15) is 0 Å². The SMILES string of the molecule is Cc1c(CS(=O)(=O)CCC(=O)O)cccc1[N+](=O)[O-]. The minimum Gasteiger partial charge on any atom is -0.481 e. The minimum atomic E-state index is -3.60. The number of carboxylic acids is 1. The van der Waals surface area contributed by atoms with E-state index >= 15 is 0 Å². The Balaban J connectivity index is 2.97. The highest BCUT2D eigenvalue weighted by molar-refractivity contribution is 7.90. The molecule has 0 aliphatic carbocycles. The van der Waals surface area contributed by atoms with Crippen molar-refractivity contribution < 1.29 is 23.2 Å². The zero-order valence-electron chi connectivity index (χ0n) is 10.2. The molecule has 0 spiro atoms. The smallest absolute Gasteiger partial charge is 0.304 e. The summed E-state index contributed by atoms with van der Waals surface area (Å²) >= 11 is 0. The highest BCUT2D eigenvalue weighted by Gasteiger charge is 2.19. The molecule has 0 saturated heterocycles. The molecule has 104 valence electrons. The number of aliphatic carboxylic acids is 1. The Labute approximate surface area is 109 Å². The summed E-state index contributed by atoms with van der Waals surface area (Å²) in [4.78, 5) is 20.5. The van der Waals surface area contributed by atoms with Gasteiger partial charge in [-0.3, -0.25) is 14.9 Å². The predicted octanol–water partition coefficient (Wildman–Crippen LogP) is 1.29. The Hall–Kier alpha value is -1.96. The van der Waals surface area contributed by atoms with E-state index in [0.29, 0.717) is 5.56 Å². The van der Waals surface area contributed by atoms with E-state index in [9.17, 15) is 23.3 Å². The number of carboxylic acid groups (broad SMARTS) is 1. The van der Waals surface area contributed by atoms with E-state index in [0.717, 1.165) is 0 Å². The third kappa shape index (κ3) is 4.32. The molecule has 0 aromatic heterocycles. The normalized spacial score (nSPS) is 11.2. The average molecular weight is 287 g/mol. The van der Waals surface area contributed by atoms with Crippen LogP contribution in [-0.2, 0) is 20.4 Å². The summed E-state index contributed by atoms with van der Waals surface area (Å²) in [6.07, 6.45) is -0.476. The van der Waals surface area contributed by atoms with Crippen LogP contribution in [0.1, 0.15) is 17.5 Å². The molecule has 0 atom stereocenters. The van der Waals surface area contributed by atoms with Gasteiger partial charge in [-0.05, 0) is 12.5 Å². The van der Waals surface area contributed by atoms with Crippen molar-refractivity contribution in [3.05, 3.63) is 39.4 Å². The topological polar surface area (TPSA) is 115 Å². The number of rotatable bonds is 6. The zero-order chi connectivity index (χ0) is 14.6. The first kappa shape index (κ1) is 15.1. The van der Waals surface area contributed by atoms with Crippen molar-refractivity contribution in [2.24, 2.45) is 0 Å². The van der Waals surface area contributed by atoms with Crippen molar-refractivity contribution in [3.63, 3.8) is 0 Å². The lowest BCUT2D eigenvalue weighted by Gasteiger charge is -2.06. The van der Waals surface area contributed by atoms with Crippen LogP contribution in [0, 0.1) is 17.0 Å². The molecule has 0 aliphatic heterocycles. The number of nitro groups is 1. The lowest BCUT2D eigenvalue weighted by molar-refractivity contribution is -0.385. The number of hydrogen-bond acceptors (Lipinski definition) is 5. The van der Waals surface area contributed by atoms with Crippen LogP contribution in [0.3, 0.4) is 0 Å². The van der Waals surface area contributed by atoms with Gasteiger partial charge in [-0.2, -0.15) is 0 Å². The van der Waals surface area contributed by atoms with E-state index < -0.39 is 38.7 Å². The Kier molecular flexibility index (Phi) is 4.60. The maximum Gasteiger partial charge on any atom is 0.304 e. The van der Waals surface area contributed by atoms with Crippen LogP contribution >= 0.6 is 0 Å². The van der Waals surface area contributed by atoms with Crippen molar-refractivity contribution in [2.75, 3.05) is 5.75 Å². The van der Waals surface area contributed by atoms with Crippen LogP contribution in [0.5, 0.6) is 0 Å². The molecule has 0 radical (unpaired) electrons. The van der Waals surface area contributed by atoms with Crippen molar-refractivity contribution in [2.45, 2.75) is 19.1 Å². The second-order valence-electron chi connectivity index (χ2n) is 4.05. The minimum absolute atomic E-state index is 0.147. The van der Waals surface area contributed by atoms with E-state index in [-0.39, 0.29) is 11.3 Å². The first-order chi connectivity index (χ1) is 8.73. The standard InChI is InChI=1S/C11H13NO6S/c1-8-9(3-2-4-10(8)12(15)16)7-19(17,18)6-5-11(13)14/h2-4H,5-7H2,1H3,(H,13,14). The molecule has 7 nitrogen and oxygen atoms in total. The summed E-state index contributed by atoms with van der Waals surface area (Å²) < 4.78 is 23.4. The summed E-state index contributed by atoms with van der Waals surface area (Å²) in [5.41, 5.74) is 0.455. The highest BCUT2D eigenvalue weighted by atomic mass is 32.2. The largest absolute Gasteiger partial charge is 0.481 e. The molecule has 0 amide bonds. The van der Waals surface area contributed by atoms with Gasteiger partial charge in [0.05, 0.1) is 22.8 Å². The molecular weight excluding hydrogens is 274 g/mol. The number of nitrogens with zero attached hydrogens (tertiary/aromatic N) is 1. The fourth-order valence-corrected chi connectivity index (χ4v) is 2.99. The van der Waals surface area contributed by atoms with Crippen LogP contribution in [-0.4, -0.2) is 30.2 Å². The Morgan fingerprint density at radius 1 is 1.42 bits per heavy atom. The van der Waals surface area contributed by atoms with Crippen LogP contribution in [0.2, 0.25) is 0 Å². The molecule has 0 bridgehead atoms. The zero-order valence-corrected chi connectivity index (χ0v) is 11.0. The van der Waals surface area contributed by atoms with E-state index in [1.165, 1.54) is 25.1 Å². The molecule has 1 aromatic carbocycles. The third-order valence-corrected chi connectivity index (χ3v) is 4.19. The molecule has 1 N–H and O–H groups in total. The first-order valence-electron chi connectivity index (χ1n) is 5.38. The molecule has 0 saturated carbocycles. The molecule has 8 heteroatoms. The fourth-order valence-electron chi connectivity index (χ4n) is 1.58. The maximum absolute atomic E-state index is 11.7. The monoisotopic (exact) mass is 287 g/mol. The summed E-state index contributed by atoms with van der Waals surface area (Å²) in [5, 5.41) is 19.2. The number of sulfone groups is 1. The number of nitro benzene ring substituents is 1. The van der Waals surface area contributed by atoms with Gasteiger partial charge in [0.15, 0.2) is 9.84 Å². The van der Waals surface area contributed by atoms with Crippen molar-refractivity contribution >= 4 is 21.5 Å². The summed E-state index contributed by atoms with van der Waals surface area (Å²) in [5.74, 6) is -2.07. The molecular formula is C11H13NO6S. The van der Waals surface area contributed by atoms with Gasteiger partial charge in [0, 0.05) is 11.6 Å². The van der Waals surface area contributed by atoms with Gasteiger partial charge in [-0.25, -0.2) is 8.42 Å². The van der Waals surface area contributed by atoms with Crippen LogP contribution < -0.4 is 0 Å². The molecule has 0 heterocycles. The number of carbonyl (C=O) groups is 1. The van der Waals surface area contributed by atoms with Gasteiger partial charge >= 0.3 is 5.97 Å². The van der Waals surface area contributed by atoms with Gasteiger partial charge in [0.2, 0.25) is 0 Å². The quantitative estimate of drug-likeness (QED) is 0.622. The summed E-state index contributed by atoms with van der Waals surface area (Å²) in [6.45, 7) is 1.47. The molecule has 1 aromatic rings. The fraction of sp³-hybridized carbons (Fsp3) is 0.364. The molecule has 1 rings (SSSR count). The summed E-state index contributed by atoms with van der Waals surface area (Å²) in [6, 6.07) is 4.19. The van der Waals surface area contributed by atoms with Crippen molar-refractivity contribution in [1.82, 2.24) is 0 Å². The van der Waals surface area contributed by atoms with E-state index in [4.69, 9.17) is 5.11 Å². The van der Waals surface area contributed by atoms with Crippen molar-refractivity contribution in [3.8, 4) is 0 Å². The Bertz CT molecular complexity index is 608. The maximum atomic E-state index is 11.7. The molecule has 0 fully saturated rings. The first-order valence-corrected chi connectivity index (χ1v) is 7.20. The van der Waals surface area contributed by atoms with Gasteiger partial charge in [0.25, 0.3) is 5.69 Å². The van der Waals surface area contributed by atoms with Crippen molar-refractivity contribution in [1.29, 1.82) is 0 Å². The van der Waals surface area contributed by atoms with Gasteiger partial charge < -0.3 is 5.11 Å². The molecule has 0 aliphatic rings. The Morgan fingerprint density at radius 2 is 2.05 bits per heavy atom. The lowest BCUT2D eigenvalue weighted by Crippen LogP contribution is -2.13. The lowest BCUT2D eigenvalue weighted by atomic mass is 10.1. The number of benzene rings is 1. The van der Waals surface area contributed by atoms with Crippen LogP contribution in [0.25, 0.3) is 0 Å². The average Bonchev–Trinajstić information content (AvgIpc) is 2.29. The third-order valence-electron chi connectivity index (χ3n) is 2.62. The second-order valence-corrected chi connectivity index (χ2v) is 6.24. The van der Waals surface area contributed by atoms with Gasteiger partial charge in [-0.15, -0.1) is 0 Å². The Morgan fingerprint density at radius 3 is 2.58 bits per heavy atom.